The quantitative estimate of drug-likeness (QED) is 0.792. The normalized spacial score (nSPS) is 12.9. The highest BCUT2D eigenvalue weighted by atomic mass is 32.2. The lowest BCUT2D eigenvalue weighted by molar-refractivity contribution is -0.148. The van der Waals surface area contributed by atoms with Crippen LogP contribution in [0, 0.1) is 0 Å². The standard InChI is InChI=1S/C10H9NO4S/c1-16-6-4-2-3-5-7(6)11-9(15-5)8(12)10(13)14/h2-4,8,12H,1H3,(H,13,14). The SMILES string of the molecule is CSc1cccc2oc(C(O)C(=O)O)nc12. The highest BCUT2D eigenvalue weighted by molar-refractivity contribution is 7.98. The molecule has 16 heavy (non-hydrogen) atoms. The molecule has 2 N–H and O–H groups in total. The number of para-hydroxylation sites is 1. The number of rotatable bonds is 3. The molecule has 0 aliphatic heterocycles. The van der Waals surface area contributed by atoms with Crippen LogP contribution in [-0.2, 0) is 4.79 Å². The second-order valence-electron chi connectivity index (χ2n) is 3.10. The van der Waals surface area contributed by atoms with Crippen LogP contribution in [0.1, 0.15) is 12.0 Å². The van der Waals surface area contributed by atoms with Gasteiger partial charge in [0.1, 0.15) is 5.52 Å². The monoisotopic (exact) mass is 239 g/mol. The van der Waals surface area contributed by atoms with Gasteiger partial charge in [0.25, 0.3) is 0 Å². The molecule has 84 valence electrons. The fourth-order valence-corrected chi connectivity index (χ4v) is 1.88. The smallest absolute Gasteiger partial charge is 0.342 e. The van der Waals surface area contributed by atoms with E-state index in [9.17, 15) is 9.90 Å². The lowest BCUT2D eigenvalue weighted by atomic mass is 10.3. The Hall–Kier alpha value is -1.53. The molecule has 1 atom stereocenters. The molecule has 0 radical (unpaired) electrons. The van der Waals surface area contributed by atoms with Gasteiger partial charge in [0.2, 0.25) is 12.0 Å². The largest absolute Gasteiger partial charge is 0.479 e. The van der Waals surface area contributed by atoms with Crippen molar-refractivity contribution in [1.82, 2.24) is 4.98 Å². The van der Waals surface area contributed by atoms with Crippen LogP contribution < -0.4 is 0 Å². The van der Waals surface area contributed by atoms with E-state index >= 15 is 0 Å². The summed E-state index contributed by atoms with van der Waals surface area (Å²) in [7, 11) is 0. The van der Waals surface area contributed by atoms with Crippen LogP contribution in [-0.4, -0.2) is 27.4 Å². The number of oxazole rings is 1. The lowest BCUT2D eigenvalue weighted by Gasteiger charge is -1.96. The Kier molecular flexibility index (Phi) is 2.84. The summed E-state index contributed by atoms with van der Waals surface area (Å²) >= 11 is 1.48. The molecule has 2 aromatic rings. The van der Waals surface area contributed by atoms with E-state index in [1.807, 2.05) is 12.3 Å². The molecule has 0 saturated heterocycles. The fourth-order valence-electron chi connectivity index (χ4n) is 1.33. The Morgan fingerprint density at radius 3 is 2.94 bits per heavy atom. The van der Waals surface area contributed by atoms with E-state index in [-0.39, 0.29) is 5.89 Å². The van der Waals surface area contributed by atoms with Gasteiger partial charge in [-0.05, 0) is 18.4 Å². The third-order valence-corrected chi connectivity index (χ3v) is 2.86. The number of hydrogen-bond donors (Lipinski definition) is 2. The minimum Gasteiger partial charge on any atom is -0.479 e. The first-order chi connectivity index (χ1) is 7.63. The lowest BCUT2D eigenvalue weighted by Crippen LogP contribution is -2.10. The molecule has 1 aromatic carbocycles. The Bertz CT molecular complexity index is 537. The Morgan fingerprint density at radius 1 is 1.56 bits per heavy atom. The Labute approximate surface area is 95.1 Å². The second-order valence-corrected chi connectivity index (χ2v) is 3.95. The van der Waals surface area contributed by atoms with Crippen molar-refractivity contribution < 1.29 is 19.4 Å². The van der Waals surface area contributed by atoms with Gasteiger partial charge < -0.3 is 14.6 Å². The number of nitrogens with zero attached hydrogens (tertiary/aromatic N) is 1. The van der Waals surface area contributed by atoms with E-state index in [1.54, 1.807) is 12.1 Å². The minimum absolute atomic E-state index is 0.191. The summed E-state index contributed by atoms with van der Waals surface area (Å²) in [6.45, 7) is 0. The third kappa shape index (κ3) is 1.77. The number of aliphatic hydroxyl groups excluding tert-OH is 1. The van der Waals surface area contributed by atoms with Gasteiger partial charge in [-0.25, -0.2) is 9.78 Å². The van der Waals surface area contributed by atoms with Crippen molar-refractivity contribution >= 4 is 28.8 Å². The summed E-state index contributed by atoms with van der Waals surface area (Å²) in [5.41, 5.74) is 1.05. The van der Waals surface area contributed by atoms with Gasteiger partial charge in [0.15, 0.2) is 5.58 Å². The molecule has 0 spiro atoms. The van der Waals surface area contributed by atoms with Gasteiger partial charge in [0, 0.05) is 4.90 Å². The van der Waals surface area contributed by atoms with Crippen molar-refractivity contribution in [3.63, 3.8) is 0 Å². The zero-order chi connectivity index (χ0) is 11.7. The van der Waals surface area contributed by atoms with Gasteiger partial charge in [-0.2, -0.15) is 0 Å². The summed E-state index contributed by atoms with van der Waals surface area (Å²) < 4.78 is 5.18. The van der Waals surface area contributed by atoms with Crippen molar-refractivity contribution in [2.75, 3.05) is 6.26 Å². The molecule has 0 aliphatic carbocycles. The first-order valence-corrected chi connectivity index (χ1v) is 5.70. The number of carbonyl (C=O) groups is 1. The average molecular weight is 239 g/mol. The number of aliphatic hydroxyl groups is 1. The molecule has 6 heteroatoms. The first kappa shape index (κ1) is 11.0. The van der Waals surface area contributed by atoms with Crippen molar-refractivity contribution in [2.45, 2.75) is 11.0 Å². The van der Waals surface area contributed by atoms with Gasteiger partial charge >= 0.3 is 5.97 Å². The third-order valence-electron chi connectivity index (χ3n) is 2.09. The molecule has 0 aliphatic rings. The van der Waals surface area contributed by atoms with E-state index in [1.165, 1.54) is 11.8 Å². The van der Waals surface area contributed by atoms with Gasteiger partial charge in [-0.1, -0.05) is 6.07 Å². The molecule has 0 fully saturated rings. The first-order valence-electron chi connectivity index (χ1n) is 4.48. The minimum atomic E-state index is -1.72. The maximum Gasteiger partial charge on any atom is 0.342 e. The van der Waals surface area contributed by atoms with Crippen molar-refractivity contribution in [3.8, 4) is 0 Å². The van der Waals surface area contributed by atoms with Gasteiger partial charge in [-0.3, -0.25) is 0 Å². The van der Waals surface area contributed by atoms with Crippen molar-refractivity contribution in [1.29, 1.82) is 0 Å². The summed E-state index contributed by atoms with van der Waals surface area (Å²) in [6, 6.07) is 5.32. The molecular formula is C10H9NO4S. The topological polar surface area (TPSA) is 83.6 Å². The van der Waals surface area contributed by atoms with Crippen LogP contribution in [0.4, 0.5) is 0 Å². The second kappa shape index (κ2) is 4.15. The summed E-state index contributed by atoms with van der Waals surface area (Å²) in [6.07, 6.45) is 0.165. The molecule has 2 rings (SSSR count). The van der Waals surface area contributed by atoms with E-state index in [4.69, 9.17) is 9.52 Å². The molecule has 0 saturated carbocycles. The summed E-state index contributed by atoms with van der Waals surface area (Å²) in [5, 5.41) is 17.9. The predicted molar refractivity (Wildman–Crippen MR) is 58.4 cm³/mol. The predicted octanol–water partition coefficient (Wildman–Crippen LogP) is 1.67. The molecular weight excluding hydrogens is 230 g/mol. The summed E-state index contributed by atoms with van der Waals surface area (Å²) in [5.74, 6) is -1.57. The highest BCUT2D eigenvalue weighted by Crippen LogP contribution is 2.28. The van der Waals surface area contributed by atoms with Gasteiger partial charge in [-0.15, -0.1) is 11.8 Å². The van der Waals surface area contributed by atoms with Crippen LogP contribution in [0.25, 0.3) is 11.1 Å². The number of benzene rings is 1. The molecule has 1 unspecified atom stereocenters. The Morgan fingerprint density at radius 2 is 2.31 bits per heavy atom. The van der Waals surface area contributed by atoms with Crippen molar-refractivity contribution in [2.24, 2.45) is 0 Å². The van der Waals surface area contributed by atoms with Crippen LogP contribution in [0.3, 0.4) is 0 Å². The number of aromatic nitrogens is 1. The molecule has 1 heterocycles. The fraction of sp³-hybridized carbons (Fsp3) is 0.200. The molecule has 1 aromatic heterocycles. The molecule has 0 amide bonds. The van der Waals surface area contributed by atoms with E-state index < -0.39 is 12.1 Å². The summed E-state index contributed by atoms with van der Waals surface area (Å²) in [4.78, 5) is 15.4. The van der Waals surface area contributed by atoms with Gasteiger partial charge in [0.05, 0.1) is 0 Å². The van der Waals surface area contributed by atoms with E-state index in [0.717, 1.165) is 4.90 Å². The number of carboxylic acids is 1. The maximum absolute atomic E-state index is 10.6. The molecule has 0 bridgehead atoms. The number of thioether (sulfide) groups is 1. The Balaban J connectivity index is 2.55. The maximum atomic E-state index is 10.6. The number of aliphatic carboxylic acids is 1. The number of hydrogen-bond acceptors (Lipinski definition) is 5. The molecule has 5 nitrogen and oxygen atoms in total. The van der Waals surface area contributed by atoms with Crippen molar-refractivity contribution in [3.05, 3.63) is 24.1 Å². The van der Waals surface area contributed by atoms with Crippen LogP contribution in [0.15, 0.2) is 27.5 Å². The van der Waals surface area contributed by atoms with Crippen LogP contribution >= 0.6 is 11.8 Å². The number of fused-ring (bicyclic) bond motifs is 1. The highest BCUT2D eigenvalue weighted by Gasteiger charge is 2.23. The van der Waals surface area contributed by atoms with E-state index in [2.05, 4.69) is 4.98 Å². The van der Waals surface area contributed by atoms with Crippen LogP contribution in [0.5, 0.6) is 0 Å². The van der Waals surface area contributed by atoms with E-state index in [0.29, 0.717) is 11.1 Å². The number of carboxylic acid groups (broad SMARTS) is 1. The average Bonchev–Trinajstić information content (AvgIpc) is 2.70. The zero-order valence-electron chi connectivity index (χ0n) is 8.38. The van der Waals surface area contributed by atoms with Crippen LogP contribution in [0.2, 0.25) is 0 Å². The zero-order valence-corrected chi connectivity index (χ0v) is 9.19.